The molecular formula is C13H26N2O2. The van der Waals surface area contributed by atoms with E-state index in [-0.39, 0.29) is 5.91 Å². The summed E-state index contributed by atoms with van der Waals surface area (Å²) in [6.07, 6.45) is 3.58. The van der Waals surface area contributed by atoms with Gasteiger partial charge in [0.15, 0.2) is 0 Å². The molecule has 4 nitrogen and oxygen atoms in total. The van der Waals surface area contributed by atoms with Crippen molar-refractivity contribution in [2.75, 3.05) is 39.4 Å². The lowest BCUT2D eigenvalue weighted by Crippen LogP contribution is -2.37. The highest BCUT2D eigenvalue weighted by Gasteiger charge is 2.20. The SMILES string of the molecule is CCN(CC)CC(=O)NCCCOCC1CC1. The van der Waals surface area contributed by atoms with E-state index in [2.05, 4.69) is 24.1 Å². The fourth-order valence-corrected chi connectivity index (χ4v) is 1.64. The first kappa shape index (κ1) is 14.5. The summed E-state index contributed by atoms with van der Waals surface area (Å²) < 4.78 is 5.50. The van der Waals surface area contributed by atoms with Gasteiger partial charge in [-0.25, -0.2) is 0 Å². The van der Waals surface area contributed by atoms with Crippen molar-refractivity contribution >= 4 is 5.91 Å². The molecule has 0 aromatic heterocycles. The van der Waals surface area contributed by atoms with Crippen molar-refractivity contribution in [2.45, 2.75) is 33.1 Å². The molecule has 1 rings (SSSR count). The van der Waals surface area contributed by atoms with Crippen molar-refractivity contribution < 1.29 is 9.53 Å². The van der Waals surface area contributed by atoms with E-state index in [1.165, 1.54) is 12.8 Å². The molecule has 4 heteroatoms. The fraction of sp³-hybridized carbons (Fsp3) is 0.923. The van der Waals surface area contributed by atoms with Gasteiger partial charge in [-0.2, -0.15) is 0 Å². The maximum absolute atomic E-state index is 11.5. The normalized spacial score (nSPS) is 15.2. The van der Waals surface area contributed by atoms with Crippen LogP contribution in [0.4, 0.5) is 0 Å². The minimum absolute atomic E-state index is 0.121. The maximum atomic E-state index is 11.5. The fourth-order valence-electron chi connectivity index (χ4n) is 1.64. The summed E-state index contributed by atoms with van der Waals surface area (Å²) in [6.45, 7) is 8.91. The first-order chi connectivity index (χ1) is 8.26. The van der Waals surface area contributed by atoms with Crippen LogP contribution >= 0.6 is 0 Å². The van der Waals surface area contributed by atoms with Crippen molar-refractivity contribution in [1.29, 1.82) is 0 Å². The highest BCUT2D eigenvalue weighted by molar-refractivity contribution is 5.77. The number of hydrogen-bond donors (Lipinski definition) is 1. The van der Waals surface area contributed by atoms with E-state index in [4.69, 9.17) is 4.74 Å². The minimum Gasteiger partial charge on any atom is -0.381 e. The van der Waals surface area contributed by atoms with Gasteiger partial charge in [0.25, 0.3) is 0 Å². The number of nitrogens with zero attached hydrogens (tertiary/aromatic N) is 1. The van der Waals surface area contributed by atoms with E-state index in [0.29, 0.717) is 6.54 Å². The molecular weight excluding hydrogens is 216 g/mol. The molecule has 0 radical (unpaired) electrons. The lowest BCUT2D eigenvalue weighted by Gasteiger charge is -2.17. The summed E-state index contributed by atoms with van der Waals surface area (Å²) in [5.74, 6) is 0.947. The topological polar surface area (TPSA) is 41.6 Å². The van der Waals surface area contributed by atoms with Crippen LogP contribution in [0.15, 0.2) is 0 Å². The Balaban J connectivity index is 1.88. The van der Waals surface area contributed by atoms with Crippen molar-refractivity contribution in [3.8, 4) is 0 Å². The Labute approximate surface area is 105 Å². The molecule has 1 fully saturated rings. The molecule has 0 spiro atoms. The molecule has 0 aromatic carbocycles. The number of amides is 1. The number of ether oxygens (including phenoxy) is 1. The van der Waals surface area contributed by atoms with E-state index in [1.54, 1.807) is 0 Å². The Morgan fingerprint density at radius 1 is 1.35 bits per heavy atom. The first-order valence-corrected chi connectivity index (χ1v) is 6.83. The molecule has 0 unspecified atom stereocenters. The molecule has 0 aromatic rings. The number of rotatable bonds is 10. The molecule has 1 N–H and O–H groups in total. The molecule has 1 saturated carbocycles. The molecule has 1 aliphatic carbocycles. The van der Waals surface area contributed by atoms with Gasteiger partial charge in [0.05, 0.1) is 6.54 Å². The summed E-state index contributed by atoms with van der Waals surface area (Å²) in [5, 5.41) is 2.92. The molecule has 0 saturated heterocycles. The summed E-state index contributed by atoms with van der Waals surface area (Å²) >= 11 is 0. The molecule has 1 aliphatic rings. The summed E-state index contributed by atoms with van der Waals surface area (Å²) in [6, 6.07) is 0. The predicted octanol–water partition coefficient (Wildman–Crippen LogP) is 1.26. The largest absolute Gasteiger partial charge is 0.381 e. The van der Waals surface area contributed by atoms with Crippen LogP contribution in [0.1, 0.15) is 33.1 Å². The standard InChI is InChI=1S/C13H26N2O2/c1-3-15(4-2)10-13(16)14-8-5-9-17-11-12-6-7-12/h12H,3-11H2,1-2H3,(H,14,16). The molecule has 0 bridgehead atoms. The Morgan fingerprint density at radius 3 is 2.65 bits per heavy atom. The van der Waals surface area contributed by atoms with Crippen LogP contribution < -0.4 is 5.32 Å². The van der Waals surface area contributed by atoms with Gasteiger partial charge < -0.3 is 10.1 Å². The molecule has 0 aliphatic heterocycles. The quantitative estimate of drug-likeness (QED) is 0.586. The Bertz CT molecular complexity index is 213. The zero-order chi connectivity index (χ0) is 12.5. The van der Waals surface area contributed by atoms with Gasteiger partial charge in [-0.15, -0.1) is 0 Å². The van der Waals surface area contributed by atoms with E-state index in [1.807, 2.05) is 0 Å². The van der Waals surface area contributed by atoms with Crippen LogP contribution in [0.25, 0.3) is 0 Å². The Kier molecular flexibility index (Phi) is 7.21. The van der Waals surface area contributed by atoms with Gasteiger partial charge in [0, 0.05) is 19.8 Å². The van der Waals surface area contributed by atoms with Crippen molar-refractivity contribution in [2.24, 2.45) is 5.92 Å². The first-order valence-electron chi connectivity index (χ1n) is 6.83. The number of carbonyl (C=O) groups excluding carboxylic acids is 1. The van der Waals surface area contributed by atoms with E-state index in [9.17, 15) is 4.79 Å². The Hall–Kier alpha value is -0.610. The highest BCUT2D eigenvalue weighted by atomic mass is 16.5. The maximum Gasteiger partial charge on any atom is 0.234 e. The third-order valence-corrected chi connectivity index (χ3v) is 3.10. The zero-order valence-corrected chi connectivity index (χ0v) is 11.2. The van der Waals surface area contributed by atoms with E-state index < -0.39 is 0 Å². The minimum atomic E-state index is 0.121. The molecule has 17 heavy (non-hydrogen) atoms. The molecule has 100 valence electrons. The van der Waals surface area contributed by atoms with Crippen LogP contribution in [0, 0.1) is 5.92 Å². The van der Waals surface area contributed by atoms with Crippen molar-refractivity contribution in [1.82, 2.24) is 10.2 Å². The second-order valence-electron chi connectivity index (χ2n) is 4.68. The van der Waals surface area contributed by atoms with Gasteiger partial charge in [-0.05, 0) is 38.3 Å². The number of nitrogens with one attached hydrogen (secondary N) is 1. The van der Waals surface area contributed by atoms with Gasteiger partial charge in [-0.1, -0.05) is 13.8 Å². The number of hydrogen-bond acceptors (Lipinski definition) is 3. The highest BCUT2D eigenvalue weighted by Crippen LogP contribution is 2.28. The average Bonchev–Trinajstić information content (AvgIpc) is 3.14. The van der Waals surface area contributed by atoms with Gasteiger partial charge in [0.2, 0.25) is 5.91 Å². The monoisotopic (exact) mass is 242 g/mol. The Morgan fingerprint density at radius 2 is 2.06 bits per heavy atom. The zero-order valence-electron chi connectivity index (χ0n) is 11.2. The number of carbonyl (C=O) groups is 1. The smallest absolute Gasteiger partial charge is 0.234 e. The molecule has 0 atom stereocenters. The average molecular weight is 242 g/mol. The summed E-state index contributed by atoms with van der Waals surface area (Å²) in [5.41, 5.74) is 0. The van der Waals surface area contributed by atoms with Gasteiger partial charge >= 0.3 is 0 Å². The lowest BCUT2D eigenvalue weighted by atomic mass is 10.4. The van der Waals surface area contributed by atoms with E-state index in [0.717, 1.165) is 45.2 Å². The van der Waals surface area contributed by atoms with Crippen molar-refractivity contribution in [3.63, 3.8) is 0 Å². The second kappa shape index (κ2) is 8.48. The third-order valence-electron chi connectivity index (χ3n) is 3.10. The van der Waals surface area contributed by atoms with Crippen LogP contribution in [0.3, 0.4) is 0 Å². The summed E-state index contributed by atoms with van der Waals surface area (Å²) in [7, 11) is 0. The molecule has 0 heterocycles. The van der Waals surface area contributed by atoms with Crippen LogP contribution in [-0.2, 0) is 9.53 Å². The van der Waals surface area contributed by atoms with Crippen LogP contribution in [0.2, 0.25) is 0 Å². The van der Waals surface area contributed by atoms with Crippen LogP contribution in [0.5, 0.6) is 0 Å². The van der Waals surface area contributed by atoms with E-state index >= 15 is 0 Å². The summed E-state index contributed by atoms with van der Waals surface area (Å²) in [4.78, 5) is 13.6. The van der Waals surface area contributed by atoms with Crippen LogP contribution in [-0.4, -0.2) is 50.2 Å². The molecule has 1 amide bonds. The van der Waals surface area contributed by atoms with Gasteiger partial charge in [-0.3, -0.25) is 9.69 Å². The van der Waals surface area contributed by atoms with Crippen molar-refractivity contribution in [3.05, 3.63) is 0 Å². The number of likely N-dealkylation sites (N-methyl/N-ethyl adjacent to an activating group) is 1. The van der Waals surface area contributed by atoms with Gasteiger partial charge in [0.1, 0.15) is 0 Å². The predicted molar refractivity (Wildman–Crippen MR) is 69.0 cm³/mol. The second-order valence-corrected chi connectivity index (χ2v) is 4.68. The lowest BCUT2D eigenvalue weighted by molar-refractivity contribution is -0.122. The third kappa shape index (κ3) is 7.34.